The molecule has 10 nitrogen and oxygen atoms in total. The first-order valence-corrected chi connectivity index (χ1v) is 12.5. The van der Waals surface area contributed by atoms with Crippen molar-refractivity contribution >= 4 is 32.7 Å². The van der Waals surface area contributed by atoms with Crippen LogP contribution in [0.2, 0.25) is 0 Å². The van der Waals surface area contributed by atoms with Crippen molar-refractivity contribution in [1.29, 1.82) is 0 Å². The highest BCUT2D eigenvalue weighted by molar-refractivity contribution is 7.87. The van der Waals surface area contributed by atoms with Crippen molar-refractivity contribution in [1.82, 2.24) is 33.0 Å². The Kier molecular flexibility index (Phi) is 6.17. The largest absolute Gasteiger partial charge is 0.319 e. The summed E-state index contributed by atoms with van der Waals surface area (Å²) in [5.41, 5.74) is 2.92. The number of rotatable bonds is 7. The van der Waals surface area contributed by atoms with Crippen LogP contribution in [0.5, 0.6) is 0 Å². The van der Waals surface area contributed by atoms with E-state index in [1.807, 2.05) is 19.3 Å². The number of hydrogen-bond acceptors (Lipinski definition) is 7. The zero-order valence-corrected chi connectivity index (χ0v) is 20.9. The molecule has 0 fully saturated rings. The summed E-state index contributed by atoms with van der Waals surface area (Å²) >= 11 is 0. The maximum atomic E-state index is 14.2. The summed E-state index contributed by atoms with van der Waals surface area (Å²) in [5.74, 6) is -1.13. The van der Waals surface area contributed by atoms with Crippen molar-refractivity contribution in [3.63, 3.8) is 0 Å². The molecule has 0 unspecified atom stereocenters. The molecule has 0 bridgehead atoms. The number of halogens is 2. The number of nitrogens with zero attached hydrogens (tertiary/aromatic N) is 8. The number of aryl methyl sites for hydroxylation is 1. The number of fused-ring (bicyclic) bond motifs is 1. The monoisotopic (exact) mass is 524 g/mol. The van der Waals surface area contributed by atoms with Gasteiger partial charge in [-0.05, 0) is 30.3 Å². The molecule has 13 heteroatoms. The summed E-state index contributed by atoms with van der Waals surface area (Å²) in [6.07, 6.45) is 7.92. The lowest BCUT2D eigenvalue weighted by Crippen LogP contribution is -2.31. The Morgan fingerprint density at radius 3 is 2.38 bits per heavy atom. The van der Waals surface area contributed by atoms with Crippen LogP contribution in [-0.4, -0.2) is 55.5 Å². The second-order valence-corrected chi connectivity index (χ2v) is 10.5. The number of pyridine rings is 2. The quantitative estimate of drug-likeness (QED) is 0.321. The van der Waals surface area contributed by atoms with Gasteiger partial charge in [-0.2, -0.15) is 17.8 Å². The molecule has 37 heavy (non-hydrogen) atoms. The average molecular weight is 525 g/mol. The molecule has 0 radical (unpaired) electrons. The fraction of sp³-hybridized carbons (Fsp3) is 0.167. The van der Waals surface area contributed by atoms with Gasteiger partial charge in [0.25, 0.3) is 0 Å². The highest BCUT2D eigenvalue weighted by Gasteiger charge is 2.23. The van der Waals surface area contributed by atoms with Gasteiger partial charge in [-0.3, -0.25) is 9.67 Å². The van der Waals surface area contributed by atoms with Crippen LogP contribution < -0.4 is 4.90 Å². The van der Waals surface area contributed by atoms with E-state index >= 15 is 0 Å². The first-order valence-electron chi connectivity index (χ1n) is 11.1. The fourth-order valence-corrected chi connectivity index (χ4v) is 4.77. The lowest BCUT2D eigenvalue weighted by atomic mass is 10.1. The molecule has 0 spiro atoms. The Morgan fingerprint density at radius 1 is 0.946 bits per heavy atom. The van der Waals surface area contributed by atoms with Gasteiger partial charge in [-0.15, -0.1) is 0 Å². The van der Waals surface area contributed by atoms with Gasteiger partial charge >= 0.3 is 10.2 Å². The topological polar surface area (TPSA) is 102 Å². The smallest absolute Gasteiger partial charge is 0.308 e. The van der Waals surface area contributed by atoms with Gasteiger partial charge in [-0.1, -0.05) is 0 Å². The number of anilines is 2. The summed E-state index contributed by atoms with van der Waals surface area (Å²) in [4.78, 5) is 14.9. The van der Waals surface area contributed by atoms with E-state index in [4.69, 9.17) is 4.98 Å². The zero-order valence-electron chi connectivity index (χ0n) is 20.1. The first kappa shape index (κ1) is 24.5. The highest BCUT2D eigenvalue weighted by atomic mass is 32.2. The Morgan fingerprint density at radius 2 is 1.70 bits per heavy atom. The molecular weight excluding hydrogens is 502 g/mol. The van der Waals surface area contributed by atoms with E-state index in [0.717, 1.165) is 37.6 Å². The predicted octanol–water partition coefficient (Wildman–Crippen LogP) is 3.50. The molecule has 0 aliphatic carbocycles. The molecule has 0 saturated carbocycles. The predicted molar refractivity (Wildman–Crippen MR) is 134 cm³/mol. The Bertz CT molecular complexity index is 1690. The van der Waals surface area contributed by atoms with Gasteiger partial charge in [0.15, 0.2) is 0 Å². The zero-order chi connectivity index (χ0) is 26.3. The van der Waals surface area contributed by atoms with Gasteiger partial charge in [0.1, 0.15) is 23.3 Å². The molecule has 4 aromatic heterocycles. The number of benzene rings is 1. The van der Waals surface area contributed by atoms with Crippen molar-refractivity contribution in [2.75, 3.05) is 19.0 Å². The molecule has 5 rings (SSSR count). The molecule has 5 aromatic rings. The van der Waals surface area contributed by atoms with Gasteiger partial charge < -0.3 is 4.90 Å². The van der Waals surface area contributed by atoms with E-state index < -0.39 is 21.8 Å². The minimum atomic E-state index is -3.89. The second kappa shape index (κ2) is 9.33. The summed E-state index contributed by atoms with van der Waals surface area (Å²) in [6.45, 7) is -0.142. The summed E-state index contributed by atoms with van der Waals surface area (Å²) in [5, 5.41) is 4.18. The SMILES string of the molecule is CN(C)S(=O)(=O)n1ccnc1CN(c1cc(F)cc(F)c1)c1ccc2ncc(-c3cnn(C)c3)cc2n1. The summed E-state index contributed by atoms with van der Waals surface area (Å²) in [7, 11) is 0.724. The standard InChI is InChI=1S/C24H22F2N8O2S/c1-31(2)37(35,36)34-7-6-27-24(34)15-33(20-10-18(25)9-19(26)11-20)23-5-4-21-22(30-23)8-16(12-28-21)17-13-29-32(3)14-17/h4-14H,15H2,1-3H3. The number of aromatic nitrogens is 6. The van der Waals surface area contributed by atoms with Gasteiger partial charge in [-0.25, -0.2) is 22.7 Å². The first-order chi connectivity index (χ1) is 17.6. The van der Waals surface area contributed by atoms with E-state index in [-0.39, 0.29) is 18.1 Å². The highest BCUT2D eigenvalue weighted by Crippen LogP contribution is 2.30. The van der Waals surface area contributed by atoms with Crippen molar-refractivity contribution in [3.05, 3.63) is 84.8 Å². The third-order valence-electron chi connectivity index (χ3n) is 5.69. The van der Waals surface area contributed by atoms with Crippen LogP contribution in [0.3, 0.4) is 0 Å². The van der Waals surface area contributed by atoms with Crippen molar-refractivity contribution in [2.24, 2.45) is 7.05 Å². The third kappa shape index (κ3) is 4.78. The van der Waals surface area contributed by atoms with E-state index in [1.165, 1.54) is 31.4 Å². The number of hydrogen-bond donors (Lipinski definition) is 0. The van der Waals surface area contributed by atoms with Gasteiger partial charge in [0.05, 0.1) is 23.8 Å². The van der Waals surface area contributed by atoms with Crippen LogP contribution in [0.25, 0.3) is 22.2 Å². The summed E-state index contributed by atoms with van der Waals surface area (Å²) < 4.78 is 57.8. The molecule has 0 saturated heterocycles. The van der Waals surface area contributed by atoms with E-state index in [9.17, 15) is 17.2 Å². The lowest BCUT2D eigenvalue weighted by Gasteiger charge is -2.25. The third-order valence-corrected chi connectivity index (χ3v) is 7.44. The molecule has 190 valence electrons. The number of imidazole rings is 1. The van der Waals surface area contributed by atoms with Crippen LogP contribution in [0, 0.1) is 11.6 Å². The van der Waals surface area contributed by atoms with Crippen LogP contribution in [0.4, 0.5) is 20.3 Å². The Balaban J connectivity index is 1.63. The van der Waals surface area contributed by atoms with Gasteiger partial charge in [0.2, 0.25) is 0 Å². The fourth-order valence-electron chi connectivity index (χ4n) is 3.83. The summed E-state index contributed by atoms with van der Waals surface area (Å²) in [6, 6.07) is 8.27. The van der Waals surface area contributed by atoms with Crippen molar-refractivity contribution in [3.8, 4) is 11.1 Å². The van der Waals surface area contributed by atoms with Crippen molar-refractivity contribution < 1.29 is 17.2 Å². The van der Waals surface area contributed by atoms with Crippen molar-refractivity contribution in [2.45, 2.75) is 6.54 Å². The minimum absolute atomic E-state index is 0.127. The molecule has 0 atom stereocenters. The van der Waals surface area contributed by atoms with Crippen LogP contribution in [0.1, 0.15) is 5.82 Å². The molecule has 0 N–H and O–H groups in total. The van der Waals surface area contributed by atoms with Gasteiger partial charge in [0, 0.05) is 68.8 Å². The normalized spacial score (nSPS) is 11.9. The van der Waals surface area contributed by atoms with Crippen LogP contribution >= 0.6 is 0 Å². The lowest BCUT2D eigenvalue weighted by molar-refractivity contribution is 0.508. The molecule has 0 aliphatic heterocycles. The molecular formula is C24H22F2N8O2S. The van der Waals surface area contributed by atoms with E-state index in [1.54, 1.807) is 29.2 Å². The Hall–Kier alpha value is -4.23. The molecule has 1 aromatic carbocycles. The average Bonchev–Trinajstić information content (AvgIpc) is 3.50. The second-order valence-electron chi connectivity index (χ2n) is 8.48. The van der Waals surface area contributed by atoms with E-state index in [2.05, 4.69) is 15.1 Å². The van der Waals surface area contributed by atoms with E-state index in [0.29, 0.717) is 16.9 Å². The Labute approximate surface area is 211 Å². The maximum absolute atomic E-state index is 14.2. The molecule has 0 amide bonds. The molecule has 0 aliphatic rings. The minimum Gasteiger partial charge on any atom is -0.319 e. The molecule has 4 heterocycles. The maximum Gasteiger partial charge on any atom is 0.308 e. The van der Waals surface area contributed by atoms with Crippen LogP contribution in [0.15, 0.2) is 67.4 Å². The van der Waals surface area contributed by atoms with Crippen LogP contribution in [-0.2, 0) is 23.8 Å².